The number of nitro benzene ring substituents is 1. The molecule has 0 bridgehead atoms. The van der Waals surface area contributed by atoms with Crippen LogP contribution in [0, 0.1) is 10.1 Å². The smallest absolute Gasteiger partial charge is 0.258 e. The lowest BCUT2D eigenvalue weighted by molar-refractivity contribution is -0.384. The van der Waals surface area contributed by atoms with Gasteiger partial charge in [0.2, 0.25) is 0 Å². The minimum atomic E-state index is -0.523. The topological polar surface area (TPSA) is 95.8 Å². The molecule has 0 saturated heterocycles. The number of aryl methyl sites for hydroxylation is 1. The van der Waals surface area contributed by atoms with Crippen molar-refractivity contribution in [1.82, 2.24) is 19.8 Å². The van der Waals surface area contributed by atoms with Crippen LogP contribution in [0.4, 0.5) is 5.69 Å². The molecule has 1 aromatic carbocycles. The summed E-state index contributed by atoms with van der Waals surface area (Å²) < 4.78 is 2.27. The maximum absolute atomic E-state index is 11.9. The fourth-order valence-electron chi connectivity index (χ4n) is 1.53. The number of hydrogen-bond acceptors (Lipinski definition) is 5. The molecule has 1 aromatic heterocycles. The molecule has 94 valence electrons. The number of hydrogen-bond donors (Lipinski definition) is 0. The van der Waals surface area contributed by atoms with Crippen LogP contribution in [-0.4, -0.2) is 24.7 Å². The highest BCUT2D eigenvalue weighted by atomic mass is 16.6. The summed E-state index contributed by atoms with van der Waals surface area (Å²) in [5.41, 5.74) is -0.168. The van der Waals surface area contributed by atoms with Gasteiger partial charge in [0.15, 0.2) is 0 Å². The lowest BCUT2D eigenvalue weighted by Crippen LogP contribution is -2.24. The van der Waals surface area contributed by atoms with Crippen molar-refractivity contribution in [3.63, 3.8) is 0 Å². The van der Waals surface area contributed by atoms with Crippen molar-refractivity contribution in [2.24, 2.45) is 0 Å². The number of rotatable bonds is 4. The molecule has 0 aliphatic carbocycles. The van der Waals surface area contributed by atoms with E-state index < -0.39 is 10.6 Å². The summed E-state index contributed by atoms with van der Waals surface area (Å²) in [6.07, 6.45) is 0.757. The summed E-state index contributed by atoms with van der Waals surface area (Å²) in [5.74, 6) is 0. The third-order valence-electron chi connectivity index (χ3n) is 2.36. The number of nitrogens with zero attached hydrogens (tertiary/aromatic N) is 5. The largest absolute Gasteiger partial charge is 0.368 e. The monoisotopic (exact) mass is 249 g/mol. The second-order valence-electron chi connectivity index (χ2n) is 3.67. The van der Waals surface area contributed by atoms with Gasteiger partial charge in [-0.15, -0.1) is 0 Å². The summed E-state index contributed by atoms with van der Waals surface area (Å²) in [4.78, 5) is 22.0. The quantitative estimate of drug-likeness (QED) is 0.588. The van der Waals surface area contributed by atoms with E-state index >= 15 is 0 Å². The van der Waals surface area contributed by atoms with Crippen molar-refractivity contribution < 1.29 is 4.92 Å². The lowest BCUT2D eigenvalue weighted by atomic mass is 10.3. The van der Waals surface area contributed by atoms with Gasteiger partial charge in [0.1, 0.15) is 0 Å². The van der Waals surface area contributed by atoms with E-state index in [0.717, 1.165) is 11.1 Å². The molecular weight excluding hydrogens is 238 g/mol. The van der Waals surface area contributed by atoms with Gasteiger partial charge in [0.05, 0.1) is 10.6 Å². The zero-order valence-electron chi connectivity index (χ0n) is 9.68. The van der Waals surface area contributed by atoms with E-state index in [9.17, 15) is 14.9 Å². The number of nitro groups is 1. The van der Waals surface area contributed by atoms with E-state index in [1.807, 2.05) is 6.92 Å². The summed E-state index contributed by atoms with van der Waals surface area (Å²) in [6, 6.07) is 5.70. The molecule has 0 spiro atoms. The Morgan fingerprint density at radius 2 is 2.17 bits per heavy atom. The van der Waals surface area contributed by atoms with Crippen molar-refractivity contribution in [2.75, 3.05) is 0 Å². The minimum absolute atomic E-state index is 0.0931. The summed E-state index contributed by atoms with van der Waals surface area (Å²) in [7, 11) is 0. The highest BCUT2D eigenvalue weighted by molar-refractivity contribution is 5.42. The van der Waals surface area contributed by atoms with Crippen LogP contribution in [0.5, 0.6) is 0 Å². The predicted molar refractivity (Wildman–Crippen MR) is 62.6 cm³/mol. The Morgan fingerprint density at radius 3 is 2.83 bits per heavy atom. The number of benzene rings is 1. The van der Waals surface area contributed by atoms with Crippen LogP contribution in [0.15, 0.2) is 29.1 Å². The SMILES string of the molecule is CCCn1nnn(-c2cccc([N+](=O)[O-])c2)c1=O. The Hall–Kier alpha value is -2.51. The van der Waals surface area contributed by atoms with E-state index in [1.165, 1.54) is 22.9 Å². The average molecular weight is 249 g/mol. The third kappa shape index (κ3) is 2.12. The molecule has 18 heavy (non-hydrogen) atoms. The number of tetrazole rings is 1. The van der Waals surface area contributed by atoms with Gasteiger partial charge in [0.25, 0.3) is 5.69 Å². The van der Waals surface area contributed by atoms with E-state index in [4.69, 9.17) is 0 Å². The van der Waals surface area contributed by atoms with Crippen molar-refractivity contribution in [1.29, 1.82) is 0 Å². The summed E-state index contributed by atoms with van der Waals surface area (Å²) in [6.45, 7) is 2.38. The molecule has 0 radical (unpaired) electrons. The molecule has 0 fully saturated rings. The number of aromatic nitrogens is 4. The Labute approximate surface area is 102 Å². The second kappa shape index (κ2) is 4.78. The van der Waals surface area contributed by atoms with Crippen LogP contribution in [-0.2, 0) is 6.54 Å². The maximum atomic E-state index is 11.9. The first-order chi connectivity index (χ1) is 8.63. The third-order valence-corrected chi connectivity index (χ3v) is 2.36. The van der Waals surface area contributed by atoms with Crippen molar-refractivity contribution in [3.05, 3.63) is 44.9 Å². The summed E-state index contributed by atoms with van der Waals surface area (Å²) in [5, 5.41) is 18.1. The van der Waals surface area contributed by atoms with Crippen LogP contribution in [0.25, 0.3) is 5.69 Å². The van der Waals surface area contributed by atoms with E-state index in [1.54, 1.807) is 6.07 Å². The van der Waals surface area contributed by atoms with E-state index in [2.05, 4.69) is 10.4 Å². The highest BCUT2D eigenvalue weighted by Gasteiger charge is 2.11. The van der Waals surface area contributed by atoms with Crippen molar-refractivity contribution in [3.8, 4) is 5.69 Å². The fourth-order valence-corrected chi connectivity index (χ4v) is 1.53. The van der Waals surface area contributed by atoms with E-state index in [-0.39, 0.29) is 5.69 Å². The zero-order chi connectivity index (χ0) is 13.1. The predicted octanol–water partition coefficient (Wildman–Crippen LogP) is 0.747. The molecule has 0 N–H and O–H groups in total. The zero-order valence-corrected chi connectivity index (χ0v) is 9.68. The Bertz CT molecular complexity index is 630. The molecule has 8 heteroatoms. The highest BCUT2D eigenvalue weighted by Crippen LogP contribution is 2.14. The van der Waals surface area contributed by atoms with Crippen molar-refractivity contribution in [2.45, 2.75) is 19.9 Å². The molecule has 0 unspecified atom stereocenters. The molecule has 0 atom stereocenters. The maximum Gasteiger partial charge on any atom is 0.368 e. The van der Waals surface area contributed by atoms with Crippen molar-refractivity contribution >= 4 is 5.69 Å². The van der Waals surface area contributed by atoms with Gasteiger partial charge in [-0.05, 0) is 22.9 Å². The molecule has 0 amide bonds. The molecule has 0 saturated carbocycles. The van der Waals surface area contributed by atoms with Gasteiger partial charge in [-0.25, -0.2) is 4.79 Å². The Balaban J connectivity index is 2.46. The lowest BCUT2D eigenvalue weighted by Gasteiger charge is -1.97. The molecule has 1 heterocycles. The van der Waals surface area contributed by atoms with Gasteiger partial charge in [-0.1, -0.05) is 13.0 Å². The first-order valence-electron chi connectivity index (χ1n) is 5.41. The van der Waals surface area contributed by atoms with Gasteiger partial charge in [0, 0.05) is 18.7 Å². The van der Waals surface area contributed by atoms with Crippen LogP contribution in [0.3, 0.4) is 0 Å². The normalized spacial score (nSPS) is 10.5. The second-order valence-corrected chi connectivity index (χ2v) is 3.67. The van der Waals surface area contributed by atoms with Crippen LogP contribution >= 0.6 is 0 Å². The summed E-state index contributed by atoms with van der Waals surface area (Å²) >= 11 is 0. The molecule has 0 aliphatic rings. The van der Waals surface area contributed by atoms with Gasteiger partial charge >= 0.3 is 5.69 Å². The Kier molecular flexibility index (Phi) is 3.18. The average Bonchev–Trinajstić information content (AvgIpc) is 2.72. The fraction of sp³-hybridized carbons (Fsp3) is 0.300. The van der Waals surface area contributed by atoms with Crippen LogP contribution < -0.4 is 5.69 Å². The van der Waals surface area contributed by atoms with Crippen LogP contribution in [0.2, 0.25) is 0 Å². The van der Waals surface area contributed by atoms with Gasteiger partial charge < -0.3 is 0 Å². The van der Waals surface area contributed by atoms with Crippen LogP contribution in [0.1, 0.15) is 13.3 Å². The molecule has 2 rings (SSSR count). The molecule has 0 aliphatic heterocycles. The van der Waals surface area contributed by atoms with E-state index in [0.29, 0.717) is 12.2 Å². The number of non-ortho nitro benzene ring substituents is 1. The molecular formula is C10H11N5O3. The molecule has 8 nitrogen and oxygen atoms in total. The standard InChI is InChI=1S/C10H11N5O3/c1-2-6-13-10(16)14(12-11-13)8-4-3-5-9(7-8)15(17)18/h3-5,7H,2,6H2,1H3. The first kappa shape index (κ1) is 12.0. The molecule has 2 aromatic rings. The Morgan fingerprint density at radius 1 is 1.39 bits per heavy atom. The van der Waals surface area contributed by atoms with Gasteiger partial charge in [-0.3, -0.25) is 10.1 Å². The minimum Gasteiger partial charge on any atom is -0.258 e. The first-order valence-corrected chi connectivity index (χ1v) is 5.41. The van der Waals surface area contributed by atoms with Gasteiger partial charge in [-0.2, -0.15) is 9.36 Å².